The molecule has 0 saturated heterocycles. The zero-order valence-electron chi connectivity index (χ0n) is 17.2. The molecule has 0 fully saturated rings. The van der Waals surface area contributed by atoms with E-state index in [9.17, 15) is 9.59 Å². The number of benzene rings is 2. The number of rotatable bonds is 5. The van der Waals surface area contributed by atoms with Gasteiger partial charge in [-0.1, -0.05) is 35.9 Å². The van der Waals surface area contributed by atoms with Crippen LogP contribution >= 0.6 is 0 Å². The number of aryl methyl sites for hydroxylation is 1. The Hall–Kier alpha value is -3.67. The molecular formula is C24H23N3O3. The molecule has 6 nitrogen and oxygen atoms in total. The fraction of sp³-hybridized carbons (Fsp3) is 0.208. The molecule has 4 rings (SSSR count). The second-order valence-corrected chi connectivity index (χ2v) is 7.54. The minimum atomic E-state index is -0.291. The van der Waals surface area contributed by atoms with Crippen molar-refractivity contribution in [3.63, 3.8) is 0 Å². The molecule has 4 aromatic rings. The first-order valence-electron chi connectivity index (χ1n) is 9.88. The summed E-state index contributed by atoms with van der Waals surface area (Å²) in [5, 5.41) is 5.50. The number of amides is 1. The van der Waals surface area contributed by atoms with Crippen molar-refractivity contribution in [2.75, 3.05) is 4.90 Å². The van der Waals surface area contributed by atoms with Crippen molar-refractivity contribution in [2.24, 2.45) is 0 Å². The lowest BCUT2D eigenvalue weighted by Gasteiger charge is -2.23. The van der Waals surface area contributed by atoms with Crippen LogP contribution in [0.4, 0.5) is 5.69 Å². The van der Waals surface area contributed by atoms with Crippen LogP contribution in [0.15, 0.2) is 76.1 Å². The van der Waals surface area contributed by atoms with Crippen molar-refractivity contribution in [2.45, 2.75) is 33.4 Å². The number of carbonyl (C=O) groups excluding carboxylic acids is 1. The Labute approximate surface area is 174 Å². The second-order valence-electron chi connectivity index (χ2n) is 7.54. The van der Waals surface area contributed by atoms with Gasteiger partial charge in [-0.2, -0.15) is 5.10 Å². The van der Waals surface area contributed by atoms with Gasteiger partial charge in [0.2, 0.25) is 0 Å². The van der Waals surface area contributed by atoms with Gasteiger partial charge in [-0.3, -0.25) is 14.5 Å². The molecule has 6 heteroatoms. The van der Waals surface area contributed by atoms with Gasteiger partial charge in [0.1, 0.15) is 5.76 Å². The van der Waals surface area contributed by atoms with Crippen LogP contribution in [0, 0.1) is 6.92 Å². The van der Waals surface area contributed by atoms with Gasteiger partial charge in [0, 0.05) is 11.1 Å². The molecule has 2 aromatic carbocycles. The standard InChI is InChI=1S/C24H23N3O3/c1-16(2)27-23(28)21-9-5-4-8-20(21)22(25-27)24(29)26(15-19-7-6-14-30-19)18-12-10-17(3)11-13-18/h4-14,16H,15H2,1-3H3. The lowest BCUT2D eigenvalue weighted by Crippen LogP contribution is -2.34. The lowest BCUT2D eigenvalue weighted by molar-refractivity contribution is 0.0977. The Morgan fingerprint density at radius 3 is 2.37 bits per heavy atom. The van der Waals surface area contributed by atoms with Crippen molar-refractivity contribution >= 4 is 22.4 Å². The SMILES string of the molecule is Cc1ccc(N(Cc2ccco2)C(=O)c2nn(C(C)C)c(=O)c3ccccc23)cc1. The number of fused-ring (bicyclic) bond motifs is 1. The van der Waals surface area contributed by atoms with Crippen molar-refractivity contribution in [3.05, 3.63) is 94.3 Å². The molecule has 0 saturated carbocycles. The van der Waals surface area contributed by atoms with Crippen molar-refractivity contribution in [1.29, 1.82) is 0 Å². The predicted molar refractivity (Wildman–Crippen MR) is 117 cm³/mol. The third-order valence-electron chi connectivity index (χ3n) is 5.00. The average Bonchev–Trinajstić information content (AvgIpc) is 3.26. The van der Waals surface area contributed by atoms with E-state index in [1.54, 1.807) is 35.4 Å². The highest BCUT2D eigenvalue weighted by molar-refractivity contribution is 6.12. The molecule has 0 N–H and O–H groups in total. The first kappa shape index (κ1) is 19.6. The largest absolute Gasteiger partial charge is 0.467 e. The third-order valence-corrected chi connectivity index (χ3v) is 5.00. The minimum Gasteiger partial charge on any atom is -0.467 e. The van der Waals surface area contributed by atoms with Crippen LogP contribution in [0.5, 0.6) is 0 Å². The average molecular weight is 401 g/mol. The number of nitrogens with zero attached hydrogens (tertiary/aromatic N) is 3. The van der Waals surface area contributed by atoms with E-state index >= 15 is 0 Å². The fourth-order valence-corrected chi connectivity index (χ4v) is 3.41. The zero-order chi connectivity index (χ0) is 21.3. The normalized spacial score (nSPS) is 11.2. The highest BCUT2D eigenvalue weighted by atomic mass is 16.3. The van der Waals surface area contributed by atoms with Crippen LogP contribution in [-0.2, 0) is 6.54 Å². The monoisotopic (exact) mass is 401 g/mol. The van der Waals surface area contributed by atoms with Gasteiger partial charge >= 0.3 is 0 Å². The van der Waals surface area contributed by atoms with Gasteiger partial charge in [-0.25, -0.2) is 4.68 Å². The summed E-state index contributed by atoms with van der Waals surface area (Å²) in [5.41, 5.74) is 1.87. The van der Waals surface area contributed by atoms with E-state index in [-0.39, 0.29) is 29.7 Å². The maximum absolute atomic E-state index is 13.8. The summed E-state index contributed by atoms with van der Waals surface area (Å²) in [6.45, 7) is 6.00. The molecule has 0 spiro atoms. The fourth-order valence-electron chi connectivity index (χ4n) is 3.41. The molecular weight excluding hydrogens is 378 g/mol. The number of aromatic nitrogens is 2. The molecule has 152 valence electrons. The van der Waals surface area contributed by atoms with E-state index in [1.165, 1.54) is 4.68 Å². The Balaban J connectivity index is 1.89. The maximum atomic E-state index is 13.8. The molecule has 2 heterocycles. The van der Waals surface area contributed by atoms with Crippen molar-refractivity contribution < 1.29 is 9.21 Å². The molecule has 2 aromatic heterocycles. The molecule has 0 aliphatic heterocycles. The molecule has 0 unspecified atom stereocenters. The summed E-state index contributed by atoms with van der Waals surface area (Å²) in [5.74, 6) is 0.367. The van der Waals surface area contributed by atoms with Gasteiger partial charge in [0.05, 0.1) is 24.2 Å². The molecule has 1 amide bonds. The predicted octanol–water partition coefficient (Wildman–Crippen LogP) is 4.73. The maximum Gasteiger partial charge on any atom is 0.279 e. The van der Waals surface area contributed by atoms with Crippen LogP contribution in [0.2, 0.25) is 0 Å². The zero-order valence-corrected chi connectivity index (χ0v) is 17.2. The number of furan rings is 1. The molecule has 0 bridgehead atoms. The third kappa shape index (κ3) is 3.64. The molecule has 0 aliphatic carbocycles. The first-order valence-corrected chi connectivity index (χ1v) is 9.88. The summed E-state index contributed by atoms with van der Waals surface area (Å²) in [6.07, 6.45) is 1.58. The van der Waals surface area contributed by atoms with Crippen LogP contribution in [0.3, 0.4) is 0 Å². The molecule has 30 heavy (non-hydrogen) atoms. The van der Waals surface area contributed by atoms with E-state index in [1.807, 2.05) is 57.2 Å². The van der Waals surface area contributed by atoms with Crippen molar-refractivity contribution in [3.8, 4) is 0 Å². The van der Waals surface area contributed by atoms with E-state index in [0.29, 0.717) is 16.5 Å². The summed E-state index contributed by atoms with van der Waals surface area (Å²) in [4.78, 5) is 28.2. The van der Waals surface area contributed by atoms with Gasteiger partial charge in [0.25, 0.3) is 11.5 Å². The quantitative estimate of drug-likeness (QED) is 0.485. The Bertz CT molecular complexity index is 1240. The van der Waals surface area contributed by atoms with Gasteiger partial charge < -0.3 is 4.42 Å². The molecule has 0 atom stereocenters. The first-order chi connectivity index (χ1) is 14.5. The Kier molecular flexibility index (Phi) is 5.23. The van der Waals surface area contributed by atoms with E-state index in [4.69, 9.17) is 4.42 Å². The Morgan fingerprint density at radius 1 is 1.03 bits per heavy atom. The van der Waals surface area contributed by atoms with Gasteiger partial charge in [-0.15, -0.1) is 0 Å². The number of hydrogen-bond donors (Lipinski definition) is 0. The summed E-state index contributed by atoms with van der Waals surface area (Å²) in [6, 6.07) is 18.3. The lowest BCUT2D eigenvalue weighted by atomic mass is 10.1. The van der Waals surface area contributed by atoms with Gasteiger partial charge in [-0.05, 0) is 51.1 Å². The van der Waals surface area contributed by atoms with E-state index < -0.39 is 0 Å². The number of carbonyl (C=O) groups is 1. The molecule has 0 aliphatic rings. The minimum absolute atomic E-state index is 0.174. The highest BCUT2D eigenvalue weighted by Crippen LogP contribution is 2.23. The highest BCUT2D eigenvalue weighted by Gasteiger charge is 2.25. The molecule has 0 radical (unpaired) electrons. The van der Waals surface area contributed by atoms with Crippen LogP contribution < -0.4 is 10.5 Å². The number of hydrogen-bond acceptors (Lipinski definition) is 4. The van der Waals surface area contributed by atoms with Gasteiger partial charge in [0.15, 0.2) is 5.69 Å². The van der Waals surface area contributed by atoms with Crippen molar-refractivity contribution in [1.82, 2.24) is 9.78 Å². The van der Waals surface area contributed by atoms with Crippen LogP contribution in [-0.4, -0.2) is 15.7 Å². The number of anilines is 1. The van der Waals surface area contributed by atoms with Crippen LogP contribution in [0.25, 0.3) is 10.8 Å². The van der Waals surface area contributed by atoms with E-state index in [2.05, 4.69) is 5.10 Å². The summed E-state index contributed by atoms with van der Waals surface area (Å²) >= 11 is 0. The Morgan fingerprint density at radius 2 is 1.73 bits per heavy atom. The second kappa shape index (κ2) is 7.99. The van der Waals surface area contributed by atoms with Crippen LogP contribution in [0.1, 0.15) is 41.7 Å². The summed E-state index contributed by atoms with van der Waals surface area (Å²) < 4.78 is 6.87. The van der Waals surface area contributed by atoms with E-state index in [0.717, 1.165) is 11.3 Å². The summed E-state index contributed by atoms with van der Waals surface area (Å²) in [7, 11) is 0. The topological polar surface area (TPSA) is 68.3 Å². The smallest absolute Gasteiger partial charge is 0.279 e.